The maximum Gasteiger partial charge on any atom is 0.0779 e. The summed E-state index contributed by atoms with van der Waals surface area (Å²) >= 11 is 0. The van der Waals surface area contributed by atoms with Gasteiger partial charge in [-0.2, -0.15) is 10.2 Å². The van der Waals surface area contributed by atoms with E-state index in [9.17, 15) is 0 Å². The lowest BCUT2D eigenvalue weighted by Gasteiger charge is -2.17. The van der Waals surface area contributed by atoms with Crippen LogP contribution >= 0.6 is 0 Å². The zero-order valence-corrected chi connectivity index (χ0v) is 11.5. The highest BCUT2D eigenvalue weighted by Crippen LogP contribution is 2.22. The van der Waals surface area contributed by atoms with Crippen LogP contribution in [0.25, 0.3) is 0 Å². The van der Waals surface area contributed by atoms with Crippen LogP contribution in [0.2, 0.25) is 0 Å². The summed E-state index contributed by atoms with van der Waals surface area (Å²) in [6.07, 6.45) is 3.96. The Labute approximate surface area is 108 Å². The molecule has 5 nitrogen and oxygen atoms in total. The molecule has 1 N–H and O–H groups in total. The van der Waals surface area contributed by atoms with Gasteiger partial charge in [-0.3, -0.25) is 9.36 Å². The average molecular weight is 247 g/mol. The van der Waals surface area contributed by atoms with Crippen LogP contribution in [0, 0.1) is 6.92 Å². The van der Waals surface area contributed by atoms with Crippen LogP contribution in [-0.2, 0) is 13.6 Å². The molecule has 1 atom stereocenters. The first kappa shape index (κ1) is 12.8. The van der Waals surface area contributed by atoms with E-state index in [0.717, 1.165) is 18.8 Å². The molecule has 2 rings (SSSR count). The number of hydrogen-bond donors (Lipinski definition) is 1. The van der Waals surface area contributed by atoms with Crippen molar-refractivity contribution in [2.75, 3.05) is 6.54 Å². The fourth-order valence-corrected chi connectivity index (χ4v) is 2.24. The molecule has 18 heavy (non-hydrogen) atoms. The third-order valence-corrected chi connectivity index (χ3v) is 2.99. The standard InChI is InChI=1S/C13H21N5/c1-5-14-13(11-8-15-17(4)9-11)12-7-10(3)16-18(12)6-2/h7-9,13-14H,5-6H2,1-4H3. The lowest BCUT2D eigenvalue weighted by molar-refractivity contribution is 0.541. The fraction of sp³-hybridized carbons (Fsp3) is 0.538. The van der Waals surface area contributed by atoms with Gasteiger partial charge in [-0.05, 0) is 26.5 Å². The number of nitrogens with zero attached hydrogens (tertiary/aromatic N) is 4. The average Bonchev–Trinajstić information content (AvgIpc) is 2.92. The van der Waals surface area contributed by atoms with Gasteiger partial charge in [-0.25, -0.2) is 0 Å². The van der Waals surface area contributed by atoms with Crippen LogP contribution in [0.15, 0.2) is 18.5 Å². The van der Waals surface area contributed by atoms with Gasteiger partial charge in [-0.15, -0.1) is 0 Å². The Bertz CT molecular complexity index is 511. The summed E-state index contributed by atoms with van der Waals surface area (Å²) in [7, 11) is 1.94. The van der Waals surface area contributed by atoms with Gasteiger partial charge in [0.1, 0.15) is 0 Å². The number of aromatic nitrogens is 4. The maximum atomic E-state index is 4.51. The number of nitrogens with one attached hydrogen (secondary N) is 1. The van der Waals surface area contributed by atoms with Crippen molar-refractivity contribution in [2.45, 2.75) is 33.4 Å². The molecule has 0 saturated heterocycles. The van der Waals surface area contributed by atoms with E-state index in [1.807, 2.05) is 24.9 Å². The van der Waals surface area contributed by atoms with E-state index < -0.39 is 0 Å². The van der Waals surface area contributed by atoms with Gasteiger partial charge < -0.3 is 5.32 Å². The monoisotopic (exact) mass is 247 g/mol. The first-order chi connectivity index (χ1) is 8.65. The molecule has 98 valence electrons. The van der Waals surface area contributed by atoms with Crippen molar-refractivity contribution >= 4 is 0 Å². The third-order valence-electron chi connectivity index (χ3n) is 2.99. The maximum absolute atomic E-state index is 4.51. The molecule has 0 aliphatic rings. The molecule has 0 fully saturated rings. The van der Waals surface area contributed by atoms with E-state index in [1.165, 1.54) is 11.3 Å². The first-order valence-corrected chi connectivity index (χ1v) is 6.42. The molecule has 0 spiro atoms. The Kier molecular flexibility index (Phi) is 3.81. The van der Waals surface area contributed by atoms with Gasteiger partial charge in [0.05, 0.1) is 23.6 Å². The van der Waals surface area contributed by atoms with E-state index in [0.29, 0.717) is 0 Å². The molecule has 5 heteroatoms. The van der Waals surface area contributed by atoms with E-state index in [1.54, 1.807) is 0 Å². The van der Waals surface area contributed by atoms with Crippen molar-refractivity contribution in [3.63, 3.8) is 0 Å². The Morgan fingerprint density at radius 1 is 1.39 bits per heavy atom. The van der Waals surface area contributed by atoms with Crippen molar-refractivity contribution < 1.29 is 0 Å². The second kappa shape index (κ2) is 5.35. The van der Waals surface area contributed by atoms with Crippen LogP contribution in [0.5, 0.6) is 0 Å². The van der Waals surface area contributed by atoms with Gasteiger partial charge in [0.2, 0.25) is 0 Å². The molecule has 0 radical (unpaired) electrons. The second-order valence-electron chi connectivity index (χ2n) is 4.46. The minimum Gasteiger partial charge on any atom is -0.305 e. The fourth-order valence-electron chi connectivity index (χ4n) is 2.24. The highest BCUT2D eigenvalue weighted by atomic mass is 15.3. The largest absolute Gasteiger partial charge is 0.305 e. The van der Waals surface area contributed by atoms with Crippen molar-refractivity contribution in [1.82, 2.24) is 24.9 Å². The van der Waals surface area contributed by atoms with Gasteiger partial charge in [0.15, 0.2) is 0 Å². The molecule has 1 unspecified atom stereocenters. The highest BCUT2D eigenvalue weighted by molar-refractivity contribution is 5.25. The number of hydrogen-bond acceptors (Lipinski definition) is 3. The van der Waals surface area contributed by atoms with Gasteiger partial charge in [0.25, 0.3) is 0 Å². The second-order valence-corrected chi connectivity index (χ2v) is 4.46. The molecule has 0 aliphatic carbocycles. The minimum absolute atomic E-state index is 0.157. The van der Waals surface area contributed by atoms with Gasteiger partial charge in [-0.1, -0.05) is 6.92 Å². The molecule has 0 aromatic carbocycles. The van der Waals surface area contributed by atoms with Crippen molar-refractivity contribution in [2.24, 2.45) is 7.05 Å². The topological polar surface area (TPSA) is 47.7 Å². The van der Waals surface area contributed by atoms with Crippen LogP contribution in [0.1, 0.15) is 36.8 Å². The predicted octanol–water partition coefficient (Wildman–Crippen LogP) is 1.64. The Morgan fingerprint density at radius 2 is 2.17 bits per heavy atom. The van der Waals surface area contributed by atoms with E-state index in [4.69, 9.17) is 0 Å². The van der Waals surface area contributed by atoms with Gasteiger partial charge in [0, 0.05) is 25.4 Å². The van der Waals surface area contributed by atoms with Crippen LogP contribution in [0.3, 0.4) is 0 Å². The lowest BCUT2D eigenvalue weighted by Crippen LogP contribution is -2.24. The van der Waals surface area contributed by atoms with Crippen molar-refractivity contribution in [3.8, 4) is 0 Å². The molecule has 2 heterocycles. The summed E-state index contributed by atoms with van der Waals surface area (Å²) in [5, 5.41) is 12.3. The smallest absolute Gasteiger partial charge is 0.0779 e. The predicted molar refractivity (Wildman–Crippen MR) is 71.4 cm³/mol. The van der Waals surface area contributed by atoms with Crippen molar-refractivity contribution in [3.05, 3.63) is 35.4 Å². The third kappa shape index (κ3) is 2.46. The summed E-state index contributed by atoms with van der Waals surface area (Å²) in [5.74, 6) is 0. The summed E-state index contributed by atoms with van der Waals surface area (Å²) in [4.78, 5) is 0. The molecule has 0 saturated carbocycles. The summed E-state index contributed by atoms with van der Waals surface area (Å²) in [6, 6.07) is 2.30. The normalized spacial score (nSPS) is 12.9. The Hall–Kier alpha value is -1.62. The van der Waals surface area contributed by atoms with Crippen LogP contribution < -0.4 is 5.32 Å². The SMILES string of the molecule is CCNC(c1cnn(C)c1)c1cc(C)nn1CC. The molecule has 0 amide bonds. The lowest BCUT2D eigenvalue weighted by atomic mass is 10.1. The molecule has 0 bridgehead atoms. The summed E-state index contributed by atoms with van der Waals surface area (Å²) in [5.41, 5.74) is 3.43. The quantitative estimate of drug-likeness (QED) is 0.874. The zero-order valence-electron chi connectivity index (χ0n) is 11.5. The van der Waals surface area contributed by atoms with Crippen LogP contribution in [0.4, 0.5) is 0 Å². The van der Waals surface area contributed by atoms with E-state index >= 15 is 0 Å². The molecular formula is C13H21N5. The van der Waals surface area contributed by atoms with Crippen LogP contribution in [-0.4, -0.2) is 26.1 Å². The Balaban J connectivity index is 2.40. The first-order valence-electron chi connectivity index (χ1n) is 6.42. The molecule has 2 aromatic rings. The van der Waals surface area contributed by atoms with Crippen molar-refractivity contribution in [1.29, 1.82) is 0 Å². The molecule has 0 aliphatic heterocycles. The van der Waals surface area contributed by atoms with E-state index in [2.05, 4.69) is 46.3 Å². The zero-order chi connectivity index (χ0) is 13.1. The summed E-state index contributed by atoms with van der Waals surface area (Å²) < 4.78 is 3.88. The highest BCUT2D eigenvalue weighted by Gasteiger charge is 2.19. The summed E-state index contributed by atoms with van der Waals surface area (Å²) in [6.45, 7) is 8.05. The van der Waals surface area contributed by atoms with Gasteiger partial charge >= 0.3 is 0 Å². The molecule has 2 aromatic heterocycles. The van der Waals surface area contributed by atoms with E-state index in [-0.39, 0.29) is 6.04 Å². The Morgan fingerprint density at radius 3 is 2.72 bits per heavy atom. The minimum atomic E-state index is 0.157. The number of rotatable bonds is 5. The number of aryl methyl sites for hydroxylation is 3. The molecular weight excluding hydrogens is 226 g/mol.